The molecule has 1 atom stereocenters. The third kappa shape index (κ3) is 5.94. The first kappa shape index (κ1) is 21.7. The summed E-state index contributed by atoms with van der Waals surface area (Å²) in [6, 6.07) is 4.45. The van der Waals surface area contributed by atoms with E-state index in [1.807, 2.05) is 0 Å². The molecule has 0 bridgehead atoms. The average molecular weight is 391 g/mol. The van der Waals surface area contributed by atoms with Gasteiger partial charge in [0.15, 0.2) is 0 Å². The Bertz CT molecular complexity index is 694. The number of esters is 1. The number of aromatic nitrogens is 1. The van der Waals surface area contributed by atoms with E-state index in [1.165, 1.54) is 7.11 Å². The Kier molecular flexibility index (Phi) is 6.99. The van der Waals surface area contributed by atoms with Gasteiger partial charge in [-0.2, -0.15) is 0 Å². The van der Waals surface area contributed by atoms with Crippen LogP contribution in [0.1, 0.15) is 52.1 Å². The summed E-state index contributed by atoms with van der Waals surface area (Å²) in [6.07, 6.45) is 3.73. The summed E-state index contributed by atoms with van der Waals surface area (Å²) >= 11 is 0. The van der Waals surface area contributed by atoms with Crippen molar-refractivity contribution in [3.63, 3.8) is 0 Å². The number of hydrogen-bond acceptors (Lipinski definition) is 6. The highest BCUT2D eigenvalue weighted by Crippen LogP contribution is 2.30. The van der Waals surface area contributed by atoms with Gasteiger partial charge in [0.05, 0.1) is 7.11 Å². The van der Waals surface area contributed by atoms with Gasteiger partial charge in [-0.1, -0.05) is 18.9 Å². The minimum absolute atomic E-state index is 0.196. The van der Waals surface area contributed by atoms with Crippen molar-refractivity contribution >= 4 is 18.0 Å². The molecule has 8 heteroatoms. The Morgan fingerprint density at radius 3 is 2.43 bits per heavy atom. The van der Waals surface area contributed by atoms with Crippen molar-refractivity contribution in [2.75, 3.05) is 7.11 Å². The molecule has 0 saturated heterocycles. The molecule has 2 rings (SSSR count). The van der Waals surface area contributed by atoms with Gasteiger partial charge in [-0.05, 0) is 45.7 Å². The van der Waals surface area contributed by atoms with Crippen molar-refractivity contribution < 1.29 is 23.9 Å². The number of nitrogens with zero attached hydrogens (tertiary/aromatic N) is 1. The second-order valence-corrected chi connectivity index (χ2v) is 7.99. The molecule has 1 aliphatic rings. The monoisotopic (exact) mass is 391 g/mol. The smallest absolute Gasteiger partial charge is 0.408 e. The van der Waals surface area contributed by atoms with Crippen molar-refractivity contribution in [2.24, 2.45) is 0 Å². The molecule has 2 amide bonds. The van der Waals surface area contributed by atoms with Gasteiger partial charge in [0, 0.05) is 18.3 Å². The zero-order valence-electron chi connectivity index (χ0n) is 16.9. The molecule has 2 N–H and O–H groups in total. The molecule has 28 heavy (non-hydrogen) atoms. The van der Waals surface area contributed by atoms with Crippen LogP contribution >= 0.6 is 0 Å². The van der Waals surface area contributed by atoms with Crippen LogP contribution in [0.4, 0.5) is 4.79 Å². The van der Waals surface area contributed by atoms with E-state index in [0.717, 1.165) is 12.8 Å². The molecule has 0 radical (unpaired) electrons. The molecular weight excluding hydrogens is 362 g/mol. The zero-order chi connectivity index (χ0) is 20.8. The molecule has 1 aromatic rings. The van der Waals surface area contributed by atoms with E-state index in [1.54, 1.807) is 45.2 Å². The fourth-order valence-electron chi connectivity index (χ4n) is 3.25. The lowest BCUT2D eigenvalue weighted by Gasteiger charge is -2.31. The molecule has 0 unspecified atom stereocenters. The number of alkyl carbamates (subject to hydrolysis) is 1. The van der Waals surface area contributed by atoms with E-state index >= 15 is 0 Å². The van der Waals surface area contributed by atoms with Crippen LogP contribution < -0.4 is 10.6 Å². The van der Waals surface area contributed by atoms with Crippen molar-refractivity contribution in [3.05, 3.63) is 30.1 Å². The van der Waals surface area contributed by atoms with Gasteiger partial charge in [0.25, 0.3) is 0 Å². The Hall–Kier alpha value is -2.64. The van der Waals surface area contributed by atoms with Gasteiger partial charge < -0.3 is 20.1 Å². The number of carbonyl (C=O) groups is 3. The first-order chi connectivity index (χ1) is 13.1. The number of ether oxygens (including phenoxy) is 2. The lowest BCUT2D eigenvalue weighted by atomic mass is 9.95. The van der Waals surface area contributed by atoms with E-state index in [2.05, 4.69) is 15.6 Å². The van der Waals surface area contributed by atoms with Crippen molar-refractivity contribution in [2.45, 2.75) is 70.1 Å². The fraction of sp³-hybridized carbons (Fsp3) is 0.600. The largest absolute Gasteiger partial charge is 0.467 e. The third-order valence-corrected chi connectivity index (χ3v) is 4.56. The van der Waals surface area contributed by atoms with Gasteiger partial charge in [-0.3, -0.25) is 9.78 Å². The molecule has 0 aromatic carbocycles. The van der Waals surface area contributed by atoms with E-state index in [0.29, 0.717) is 18.5 Å². The van der Waals surface area contributed by atoms with Crippen molar-refractivity contribution in [3.8, 4) is 0 Å². The molecule has 154 valence electrons. The second kappa shape index (κ2) is 9.03. The number of pyridine rings is 1. The predicted molar refractivity (Wildman–Crippen MR) is 102 cm³/mol. The van der Waals surface area contributed by atoms with Crippen LogP contribution in [0.3, 0.4) is 0 Å². The minimum atomic E-state index is -1.10. The molecule has 1 fully saturated rings. The Morgan fingerprint density at radius 1 is 1.21 bits per heavy atom. The number of methoxy groups -OCH3 is 1. The quantitative estimate of drug-likeness (QED) is 0.720. The molecule has 0 aliphatic heterocycles. The maximum Gasteiger partial charge on any atom is 0.408 e. The van der Waals surface area contributed by atoms with Gasteiger partial charge >= 0.3 is 12.1 Å². The lowest BCUT2D eigenvalue weighted by Crippen LogP contribution is -2.60. The number of carbonyl (C=O) groups excluding carboxylic acids is 3. The zero-order valence-corrected chi connectivity index (χ0v) is 16.9. The van der Waals surface area contributed by atoms with Crippen LogP contribution in [0.5, 0.6) is 0 Å². The summed E-state index contributed by atoms with van der Waals surface area (Å²) in [7, 11) is 1.27. The summed E-state index contributed by atoms with van der Waals surface area (Å²) in [4.78, 5) is 41.8. The highest BCUT2D eigenvalue weighted by Gasteiger charge is 2.44. The van der Waals surface area contributed by atoms with E-state index in [4.69, 9.17) is 9.47 Å². The van der Waals surface area contributed by atoms with Crippen LogP contribution in [0.25, 0.3) is 0 Å². The first-order valence-corrected chi connectivity index (χ1v) is 9.45. The molecule has 0 spiro atoms. The Balaban J connectivity index is 2.13. The van der Waals surface area contributed by atoms with Gasteiger partial charge in [-0.15, -0.1) is 0 Å². The standard InChI is InChI=1S/C20H29N3O5/c1-19(2,3)28-18(26)23-20(10-6-7-11-20)17(25)22-15(16(24)27-4)13-14-9-5-8-12-21-14/h5,8-9,12,15H,6-7,10-11,13H2,1-4H3,(H,22,25)(H,23,26)/t15-/m0/s1. The summed E-state index contributed by atoms with van der Waals surface area (Å²) in [5.74, 6) is -0.980. The van der Waals surface area contributed by atoms with E-state index < -0.39 is 35.2 Å². The molecule has 1 heterocycles. The first-order valence-electron chi connectivity index (χ1n) is 9.45. The van der Waals surface area contributed by atoms with Gasteiger partial charge in [0.1, 0.15) is 17.2 Å². The number of hydrogen-bond donors (Lipinski definition) is 2. The summed E-state index contributed by atoms with van der Waals surface area (Å²) in [6.45, 7) is 5.27. The minimum Gasteiger partial charge on any atom is -0.467 e. The molecule has 1 saturated carbocycles. The number of amides is 2. The highest BCUT2D eigenvalue weighted by atomic mass is 16.6. The summed E-state index contributed by atoms with van der Waals surface area (Å²) < 4.78 is 10.1. The van der Waals surface area contributed by atoms with Crippen molar-refractivity contribution in [1.82, 2.24) is 15.6 Å². The van der Waals surface area contributed by atoms with E-state index in [9.17, 15) is 14.4 Å². The average Bonchev–Trinajstić information content (AvgIpc) is 3.09. The lowest BCUT2D eigenvalue weighted by molar-refractivity contribution is -0.146. The molecule has 8 nitrogen and oxygen atoms in total. The van der Waals surface area contributed by atoms with Gasteiger partial charge in [-0.25, -0.2) is 9.59 Å². The van der Waals surface area contributed by atoms with Crippen LogP contribution in [0.2, 0.25) is 0 Å². The second-order valence-electron chi connectivity index (χ2n) is 7.99. The van der Waals surface area contributed by atoms with Crippen LogP contribution in [0.15, 0.2) is 24.4 Å². The number of nitrogens with one attached hydrogen (secondary N) is 2. The van der Waals surface area contributed by atoms with Crippen molar-refractivity contribution in [1.29, 1.82) is 0 Å². The SMILES string of the molecule is COC(=O)[C@H](Cc1ccccn1)NC(=O)C1(NC(=O)OC(C)(C)C)CCCC1. The van der Waals surface area contributed by atoms with Crippen LogP contribution in [-0.4, -0.2) is 47.2 Å². The molecule has 1 aliphatic carbocycles. The summed E-state index contributed by atoms with van der Waals surface area (Å²) in [5, 5.41) is 5.48. The predicted octanol–water partition coefficient (Wildman–Crippen LogP) is 2.12. The van der Waals surface area contributed by atoms with Crippen LogP contribution in [-0.2, 0) is 25.5 Å². The maximum absolute atomic E-state index is 13.1. The topological polar surface area (TPSA) is 107 Å². The van der Waals surface area contributed by atoms with Gasteiger partial charge in [0.2, 0.25) is 5.91 Å². The Morgan fingerprint density at radius 2 is 1.89 bits per heavy atom. The highest BCUT2D eigenvalue weighted by molar-refractivity contribution is 5.93. The molecular formula is C20H29N3O5. The summed E-state index contributed by atoms with van der Waals surface area (Å²) in [5.41, 5.74) is -1.12. The third-order valence-electron chi connectivity index (χ3n) is 4.56. The normalized spacial score (nSPS) is 16.7. The number of rotatable bonds is 6. The van der Waals surface area contributed by atoms with Crippen LogP contribution in [0, 0.1) is 0 Å². The maximum atomic E-state index is 13.1. The molecule has 1 aromatic heterocycles. The Labute approximate surface area is 165 Å². The fourth-order valence-corrected chi connectivity index (χ4v) is 3.25. The van der Waals surface area contributed by atoms with E-state index in [-0.39, 0.29) is 6.42 Å².